The minimum atomic E-state index is 0.273. The number of nitrogens with zero attached hydrogens (tertiary/aromatic N) is 1. The van der Waals surface area contributed by atoms with E-state index < -0.39 is 0 Å². The third kappa shape index (κ3) is 3.25. The number of aliphatic hydroxyl groups excluding tert-OH is 1. The summed E-state index contributed by atoms with van der Waals surface area (Å²) in [5.74, 6) is 0. The molecule has 2 N–H and O–H groups in total. The molecule has 0 aromatic heterocycles. The highest BCUT2D eigenvalue weighted by atomic mass is 16.3. The fraction of sp³-hybridized carbons (Fsp3) is 1.00. The van der Waals surface area contributed by atoms with Crippen LogP contribution in [0.15, 0.2) is 0 Å². The van der Waals surface area contributed by atoms with Gasteiger partial charge in [0.2, 0.25) is 0 Å². The van der Waals surface area contributed by atoms with Gasteiger partial charge in [-0.05, 0) is 33.2 Å². The number of nitrogens with one attached hydrogen (secondary N) is 1. The molecule has 78 valence electrons. The van der Waals surface area contributed by atoms with Gasteiger partial charge in [-0.1, -0.05) is 0 Å². The van der Waals surface area contributed by atoms with Gasteiger partial charge in [0, 0.05) is 25.2 Å². The first-order chi connectivity index (χ1) is 6.25. The SMILES string of the molecule is CC(C)N(CCO)C1CCCNC1. The summed E-state index contributed by atoms with van der Waals surface area (Å²) < 4.78 is 0. The van der Waals surface area contributed by atoms with Crippen LogP contribution in [0.25, 0.3) is 0 Å². The van der Waals surface area contributed by atoms with E-state index in [-0.39, 0.29) is 6.61 Å². The molecule has 13 heavy (non-hydrogen) atoms. The van der Waals surface area contributed by atoms with E-state index in [0.717, 1.165) is 19.6 Å². The molecule has 0 aromatic rings. The van der Waals surface area contributed by atoms with Crippen LogP contribution in [-0.2, 0) is 0 Å². The Bertz CT molecular complexity index is 133. The zero-order valence-corrected chi connectivity index (χ0v) is 8.79. The number of hydrogen-bond donors (Lipinski definition) is 2. The summed E-state index contributed by atoms with van der Waals surface area (Å²) in [6, 6.07) is 1.16. The van der Waals surface area contributed by atoms with E-state index in [9.17, 15) is 0 Å². The molecule has 0 aromatic carbocycles. The van der Waals surface area contributed by atoms with Gasteiger partial charge in [-0.15, -0.1) is 0 Å². The lowest BCUT2D eigenvalue weighted by molar-refractivity contribution is 0.101. The molecule has 0 aliphatic carbocycles. The monoisotopic (exact) mass is 186 g/mol. The zero-order chi connectivity index (χ0) is 9.68. The van der Waals surface area contributed by atoms with Crippen molar-refractivity contribution in [3.05, 3.63) is 0 Å². The summed E-state index contributed by atoms with van der Waals surface area (Å²) in [7, 11) is 0. The zero-order valence-electron chi connectivity index (χ0n) is 8.79. The van der Waals surface area contributed by atoms with Gasteiger partial charge in [0.05, 0.1) is 6.61 Å². The normalized spacial score (nSPS) is 24.2. The predicted octanol–water partition coefficient (Wildman–Crippen LogP) is 0.441. The molecular weight excluding hydrogens is 164 g/mol. The lowest BCUT2D eigenvalue weighted by Gasteiger charge is -2.37. The second-order valence-corrected chi connectivity index (χ2v) is 4.06. The van der Waals surface area contributed by atoms with E-state index in [1.165, 1.54) is 12.8 Å². The number of rotatable bonds is 4. The van der Waals surface area contributed by atoms with E-state index in [2.05, 4.69) is 24.1 Å². The van der Waals surface area contributed by atoms with Gasteiger partial charge < -0.3 is 10.4 Å². The molecule has 1 atom stereocenters. The first-order valence-electron chi connectivity index (χ1n) is 5.33. The fourth-order valence-electron chi connectivity index (χ4n) is 2.09. The maximum Gasteiger partial charge on any atom is 0.0558 e. The molecule has 3 heteroatoms. The summed E-state index contributed by atoms with van der Waals surface area (Å²) in [4.78, 5) is 2.40. The topological polar surface area (TPSA) is 35.5 Å². The van der Waals surface area contributed by atoms with Crippen molar-refractivity contribution in [2.75, 3.05) is 26.2 Å². The van der Waals surface area contributed by atoms with Crippen LogP contribution in [0.4, 0.5) is 0 Å². The summed E-state index contributed by atoms with van der Waals surface area (Å²) in [5, 5.41) is 12.4. The molecule has 1 aliphatic heterocycles. The van der Waals surface area contributed by atoms with Crippen molar-refractivity contribution in [3.63, 3.8) is 0 Å². The van der Waals surface area contributed by atoms with Crippen LogP contribution in [0.3, 0.4) is 0 Å². The largest absolute Gasteiger partial charge is 0.395 e. The molecule has 1 heterocycles. The molecule has 1 aliphatic rings. The van der Waals surface area contributed by atoms with Gasteiger partial charge in [0.15, 0.2) is 0 Å². The summed E-state index contributed by atoms with van der Waals surface area (Å²) in [6.45, 7) is 7.72. The Morgan fingerprint density at radius 2 is 2.31 bits per heavy atom. The van der Waals surface area contributed by atoms with E-state index >= 15 is 0 Å². The van der Waals surface area contributed by atoms with E-state index in [0.29, 0.717) is 12.1 Å². The van der Waals surface area contributed by atoms with Crippen LogP contribution in [-0.4, -0.2) is 48.3 Å². The smallest absolute Gasteiger partial charge is 0.0558 e. The molecule has 0 bridgehead atoms. The first kappa shape index (κ1) is 11.0. The summed E-state index contributed by atoms with van der Waals surface area (Å²) >= 11 is 0. The van der Waals surface area contributed by atoms with Crippen LogP contribution in [0, 0.1) is 0 Å². The summed E-state index contributed by atoms with van der Waals surface area (Å²) in [5.41, 5.74) is 0. The highest BCUT2D eigenvalue weighted by Gasteiger charge is 2.22. The van der Waals surface area contributed by atoms with Crippen molar-refractivity contribution in [2.24, 2.45) is 0 Å². The van der Waals surface area contributed by atoms with Crippen molar-refractivity contribution in [3.8, 4) is 0 Å². The number of hydrogen-bond acceptors (Lipinski definition) is 3. The molecule has 1 rings (SSSR count). The number of piperidine rings is 1. The molecule has 0 saturated carbocycles. The fourth-order valence-corrected chi connectivity index (χ4v) is 2.09. The van der Waals surface area contributed by atoms with Gasteiger partial charge in [0.1, 0.15) is 0 Å². The van der Waals surface area contributed by atoms with Gasteiger partial charge in [0.25, 0.3) is 0 Å². The molecule has 0 spiro atoms. The van der Waals surface area contributed by atoms with Gasteiger partial charge in [-0.25, -0.2) is 0 Å². The lowest BCUT2D eigenvalue weighted by atomic mass is 10.0. The first-order valence-corrected chi connectivity index (χ1v) is 5.33. The lowest BCUT2D eigenvalue weighted by Crippen LogP contribution is -2.49. The summed E-state index contributed by atoms with van der Waals surface area (Å²) in [6.07, 6.45) is 2.53. The Morgan fingerprint density at radius 3 is 2.77 bits per heavy atom. The van der Waals surface area contributed by atoms with Gasteiger partial charge in [-0.3, -0.25) is 4.90 Å². The molecule has 0 amide bonds. The van der Waals surface area contributed by atoms with Crippen LogP contribution < -0.4 is 5.32 Å². The van der Waals surface area contributed by atoms with E-state index in [1.54, 1.807) is 0 Å². The van der Waals surface area contributed by atoms with E-state index in [4.69, 9.17) is 5.11 Å². The van der Waals surface area contributed by atoms with Crippen molar-refractivity contribution in [1.29, 1.82) is 0 Å². The maximum absolute atomic E-state index is 8.95. The second kappa shape index (κ2) is 5.58. The molecular formula is C10H22N2O. The Morgan fingerprint density at radius 1 is 1.54 bits per heavy atom. The predicted molar refractivity (Wildman–Crippen MR) is 54.8 cm³/mol. The van der Waals surface area contributed by atoms with Gasteiger partial charge >= 0.3 is 0 Å². The van der Waals surface area contributed by atoms with Crippen LogP contribution in [0.2, 0.25) is 0 Å². The minimum Gasteiger partial charge on any atom is -0.395 e. The Balaban J connectivity index is 2.41. The quantitative estimate of drug-likeness (QED) is 0.669. The third-order valence-electron chi connectivity index (χ3n) is 2.76. The average Bonchev–Trinajstić information content (AvgIpc) is 2.15. The van der Waals surface area contributed by atoms with Crippen molar-refractivity contribution in [2.45, 2.75) is 38.8 Å². The van der Waals surface area contributed by atoms with Crippen molar-refractivity contribution < 1.29 is 5.11 Å². The van der Waals surface area contributed by atoms with Crippen LogP contribution in [0.5, 0.6) is 0 Å². The maximum atomic E-state index is 8.95. The van der Waals surface area contributed by atoms with Crippen LogP contribution in [0.1, 0.15) is 26.7 Å². The Kier molecular flexibility index (Phi) is 4.70. The average molecular weight is 186 g/mol. The number of aliphatic hydroxyl groups is 1. The highest BCUT2D eigenvalue weighted by molar-refractivity contribution is 4.80. The minimum absolute atomic E-state index is 0.273. The second-order valence-electron chi connectivity index (χ2n) is 4.06. The van der Waals surface area contributed by atoms with Gasteiger partial charge in [-0.2, -0.15) is 0 Å². The molecule has 0 radical (unpaired) electrons. The highest BCUT2D eigenvalue weighted by Crippen LogP contribution is 2.12. The van der Waals surface area contributed by atoms with E-state index in [1.807, 2.05) is 0 Å². The third-order valence-corrected chi connectivity index (χ3v) is 2.76. The Hall–Kier alpha value is -0.120. The van der Waals surface area contributed by atoms with Crippen LogP contribution >= 0.6 is 0 Å². The molecule has 1 saturated heterocycles. The van der Waals surface area contributed by atoms with Crippen molar-refractivity contribution in [1.82, 2.24) is 10.2 Å². The Labute approximate surface area is 81.1 Å². The van der Waals surface area contributed by atoms with Crippen molar-refractivity contribution >= 4 is 0 Å². The standard InChI is InChI=1S/C10H22N2O/c1-9(2)12(6-7-13)10-4-3-5-11-8-10/h9-11,13H,3-8H2,1-2H3. The molecule has 1 unspecified atom stereocenters. The molecule has 1 fully saturated rings. The molecule has 3 nitrogen and oxygen atoms in total.